The zero-order chi connectivity index (χ0) is 19.4. The molecule has 0 bridgehead atoms. The van der Waals surface area contributed by atoms with Gasteiger partial charge in [-0.1, -0.05) is 29.8 Å². The Hall–Kier alpha value is -1.31. The number of nitrogens with zero attached hydrogens (tertiary/aromatic N) is 1. The van der Waals surface area contributed by atoms with E-state index >= 15 is 0 Å². The number of carbonyl (C=O) groups is 1. The molecule has 1 amide bonds. The van der Waals surface area contributed by atoms with Crippen molar-refractivity contribution in [2.75, 3.05) is 19.6 Å². The Morgan fingerprint density at radius 1 is 1.27 bits per heavy atom. The number of halogens is 1. The summed E-state index contributed by atoms with van der Waals surface area (Å²) >= 11 is 6.03. The molecule has 6 nitrogen and oxygen atoms in total. The molecule has 0 aliphatic carbocycles. The van der Waals surface area contributed by atoms with Gasteiger partial charge >= 0.3 is 6.09 Å². The largest absolute Gasteiger partial charge is 0.444 e. The first-order valence-corrected chi connectivity index (χ1v) is 10.8. The van der Waals surface area contributed by atoms with Crippen molar-refractivity contribution in [1.82, 2.24) is 9.62 Å². The van der Waals surface area contributed by atoms with Crippen LogP contribution in [0.2, 0.25) is 5.02 Å². The second kappa shape index (κ2) is 8.59. The Bertz CT molecular complexity index is 723. The van der Waals surface area contributed by atoms with Crippen molar-refractivity contribution in [3.63, 3.8) is 0 Å². The van der Waals surface area contributed by atoms with Crippen molar-refractivity contribution in [1.29, 1.82) is 0 Å². The zero-order valence-corrected chi connectivity index (χ0v) is 17.1. The third-order valence-corrected chi connectivity index (χ3v) is 5.83. The highest BCUT2D eigenvalue weighted by Crippen LogP contribution is 2.20. The summed E-state index contributed by atoms with van der Waals surface area (Å²) in [4.78, 5) is 13.7. The van der Waals surface area contributed by atoms with E-state index in [9.17, 15) is 13.2 Å². The molecule has 2 rings (SSSR count). The monoisotopic (exact) mass is 402 g/mol. The molecule has 8 heteroatoms. The van der Waals surface area contributed by atoms with E-state index in [4.69, 9.17) is 16.3 Å². The van der Waals surface area contributed by atoms with Gasteiger partial charge < -0.3 is 9.64 Å². The smallest absolute Gasteiger partial charge is 0.410 e. The van der Waals surface area contributed by atoms with Crippen molar-refractivity contribution in [3.8, 4) is 0 Å². The number of nitrogens with one attached hydrogen (secondary N) is 1. The first-order valence-electron chi connectivity index (χ1n) is 8.74. The van der Waals surface area contributed by atoms with E-state index in [0.29, 0.717) is 30.2 Å². The molecule has 1 aromatic carbocycles. The summed E-state index contributed by atoms with van der Waals surface area (Å²) in [5.41, 5.74) is 0.0730. The molecule has 1 saturated heterocycles. The van der Waals surface area contributed by atoms with E-state index in [1.165, 1.54) is 0 Å². The summed E-state index contributed by atoms with van der Waals surface area (Å²) in [6, 6.07) is 6.92. The molecular formula is C18H27ClN2O4S. The normalized spacial score (nSPS) is 16.5. The number of piperidine rings is 1. The second-order valence-corrected chi connectivity index (χ2v) is 9.82. The van der Waals surface area contributed by atoms with Crippen LogP contribution in [-0.2, 0) is 20.5 Å². The number of amides is 1. The molecule has 1 fully saturated rings. The average Bonchev–Trinajstić information content (AvgIpc) is 2.54. The number of hydrogen-bond donors (Lipinski definition) is 1. The quantitative estimate of drug-likeness (QED) is 0.818. The molecule has 0 spiro atoms. The molecule has 0 atom stereocenters. The van der Waals surface area contributed by atoms with Gasteiger partial charge in [-0.2, -0.15) is 0 Å². The standard InChI is InChI=1S/C18H27ClN2O4S/c1-18(2,3)25-17(22)21-10-8-14(9-11-21)12-20-26(23,24)13-15-6-4-5-7-16(15)19/h4-7,14,20H,8-13H2,1-3H3. The maximum Gasteiger partial charge on any atom is 0.410 e. The summed E-state index contributed by atoms with van der Waals surface area (Å²) in [6.45, 7) is 7.04. The second-order valence-electron chi connectivity index (χ2n) is 7.61. The Morgan fingerprint density at radius 3 is 2.46 bits per heavy atom. The molecular weight excluding hydrogens is 376 g/mol. The maximum absolute atomic E-state index is 12.3. The Morgan fingerprint density at radius 2 is 1.88 bits per heavy atom. The number of ether oxygens (including phenoxy) is 1. The van der Waals surface area contributed by atoms with Crippen molar-refractivity contribution >= 4 is 27.7 Å². The van der Waals surface area contributed by atoms with Gasteiger partial charge in [0.15, 0.2) is 0 Å². The molecule has 0 radical (unpaired) electrons. The summed E-state index contributed by atoms with van der Waals surface area (Å²) in [6.07, 6.45) is 1.18. The van der Waals surface area contributed by atoms with Crippen LogP contribution in [0.25, 0.3) is 0 Å². The number of hydrogen-bond acceptors (Lipinski definition) is 4. The van der Waals surface area contributed by atoms with Crippen LogP contribution in [0.5, 0.6) is 0 Å². The predicted octanol–water partition coefficient (Wildman–Crippen LogP) is 3.41. The Kier molecular flexibility index (Phi) is 6.93. The van der Waals surface area contributed by atoms with Crippen molar-refractivity contribution in [2.24, 2.45) is 5.92 Å². The van der Waals surface area contributed by atoms with Gasteiger partial charge in [-0.05, 0) is 51.2 Å². The minimum atomic E-state index is -3.45. The average molecular weight is 403 g/mol. The number of benzene rings is 1. The van der Waals surface area contributed by atoms with Crippen molar-refractivity contribution < 1.29 is 17.9 Å². The van der Waals surface area contributed by atoms with E-state index in [1.54, 1.807) is 29.2 Å². The lowest BCUT2D eigenvalue weighted by Gasteiger charge is -2.33. The highest BCUT2D eigenvalue weighted by atomic mass is 35.5. The van der Waals surface area contributed by atoms with Gasteiger partial charge in [0.2, 0.25) is 10.0 Å². The molecule has 0 aromatic heterocycles. The maximum atomic E-state index is 12.3. The Labute approximate surface area is 160 Å². The molecule has 1 aromatic rings. The van der Waals surface area contributed by atoms with Crippen molar-refractivity contribution in [2.45, 2.75) is 45.0 Å². The minimum absolute atomic E-state index is 0.135. The van der Waals surface area contributed by atoms with Crippen LogP contribution in [0.1, 0.15) is 39.2 Å². The van der Waals surface area contributed by atoms with Crippen LogP contribution in [0, 0.1) is 5.92 Å². The van der Waals surface area contributed by atoms with E-state index in [-0.39, 0.29) is 17.8 Å². The number of rotatable bonds is 5. The summed E-state index contributed by atoms with van der Waals surface area (Å²) in [7, 11) is -3.45. The fraction of sp³-hybridized carbons (Fsp3) is 0.611. The van der Waals surface area contributed by atoms with Crippen LogP contribution in [0.3, 0.4) is 0 Å². The van der Waals surface area contributed by atoms with Crippen molar-refractivity contribution in [3.05, 3.63) is 34.9 Å². The molecule has 0 unspecified atom stereocenters. The van der Waals surface area contributed by atoms with Gasteiger partial charge in [-0.15, -0.1) is 0 Å². The fourth-order valence-electron chi connectivity index (χ4n) is 2.76. The third kappa shape index (κ3) is 6.78. The number of likely N-dealkylation sites (tertiary alicyclic amines) is 1. The highest BCUT2D eigenvalue weighted by molar-refractivity contribution is 7.88. The van der Waals surface area contributed by atoms with E-state index in [1.807, 2.05) is 20.8 Å². The van der Waals surface area contributed by atoms with Gasteiger partial charge in [-0.25, -0.2) is 17.9 Å². The SMILES string of the molecule is CC(C)(C)OC(=O)N1CCC(CNS(=O)(=O)Cc2ccccc2Cl)CC1. The van der Waals surface area contributed by atoms with Gasteiger partial charge in [0, 0.05) is 24.7 Å². The number of carbonyl (C=O) groups excluding carboxylic acids is 1. The first kappa shape index (κ1) is 21.0. The van der Waals surface area contributed by atoms with Gasteiger partial charge in [0.25, 0.3) is 0 Å². The van der Waals surface area contributed by atoms with E-state index in [0.717, 1.165) is 12.8 Å². The highest BCUT2D eigenvalue weighted by Gasteiger charge is 2.27. The van der Waals surface area contributed by atoms with Gasteiger partial charge in [0.05, 0.1) is 5.75 Å². The van der Waals surface area contributed by atoms with E-state index < -0.39 is 15.6 Å². The lowest BCUT2D eigenvalue weighted by Crippen LogP contribution is -2.43. The van der Waals surface area contributed by atoms with E-state index in [2.05, 4.69) is 4.72 Å². The summed E-state index contributed by atoms with van der Waals surface area (Å²) in [5, 5.41) is 0.448. The van der Waals surface area contributed by atoms with Crippen LogP contribution < -0.4 is 4.72 Å². The van der Waals surface area contributed by atoms with Crippen LogP contribution >= 0.6 is 11.6 Å². The molecule has 1 aliphatic heterocycles. The van der Waals surface area contributed by atoms with Gasteiger partial charge in [0.1, 0.15) is 5.60 Å². The molecule has 1 heterocycles. The topological polar surface area (TPSA) is 75.7 Å². The van der Waals surface area contributed by atoms with Crippen LogP contribution in [0.4, 0.5) is 4.79 Å². The lowest BCUT2D eigenvalue weighted by molar-refractivity contribution is 0.0185. The summed E-state index contributed by atoms with van der Waals surface area (Å²) in [5.74, 6) is 0.0679. The molecule has 1 aliphatic rings. The third-order valence-electron chi connectivity index (χ3n) is 4.16. The van der Waals surface area contributed by atoms with Crippen LogP contribution in [0.15, 0.2) is 24.3 Å². The first-order chi connectivity index (χ1) is 12.1. The lowest BCUT2D eigenvalue weighted by atomic mass is 9.97. The predicted molar refractivity (Wildman–Crippen MR) is 103 cm³/mol. The molecule has 146 valence electrons. The molecule has 26 heavy (non-hydrogen) atoms. The summed E-state index contributed by atoms with van der Waals surface area (Å²) < 4.78 is 32.6. The molecule has 1 N–H and O–H groups in total. The minimum Gasteiger partial charge on any atom is -0.444 e. The molecule has 0 saturated carbocycles. The van der Waals surface area contributed by atoms with Gasteiger partial charge in [-0.3, -0.25) is 0 Å². The van der Waals surface area contributed by atoms with Crippen LogP contribution in [-0.4, -0.2) is 44.6 Å². The Balaban J connectivity index is 1.79. The number of sulfonamides is 1. The fourth-order valence-corrected chi connectivity index (χ4v) is 4.30. The zero-order valence-electron chi connectivity index (χ0n) is 15.5.